The molecule has 0 unspecified atom stereocenters. The van der Waals surface area contributed by atoms with Crippen molar-refractivity contribution in [3.63, 3.8) is 0 Å². The van der Waals surface area contributed by atoms with Crippen LogP contribution in [0.4, 0.5) is 8.78 Å². The maximum Gasteiger partial charge on any atom is 0.128 e. The van der Waals surface area contributed by atoms with E-state index in [-0.39, 0.29) is 17.7 Å². The van der Waals surface area contributed by atoms with Gasteiger partial charge in [-0.1, -0.05) is 0 Å². The lowest BCUT2D eigenvalue weighted by Crippen LogP contribution is -2.45. The van der Waals surface area contributed by atoms with Crippen molar-refractivity contribution in [3.8, 4) is 0 Å². The molecule has 98 valence electrons. The molecule has 0 radical (unpaired) electrons. The summed E-state index contributed by atoms with van der Waals surface area (Å²) >= 11 is 0. The third kappa shape index (κ3) is 2.40. The van der Waals surface area contributed by atoms with Crippen molar-refractivity contribution in [1.29, 1.82) is 0 Å². The molecule has 1 saturated heterocycles. The van der Waals surface area contributed by atoms with Crippen LogP contribution in [0, 0.1) is 17.6 Å². The normalized spacial score (nSPS) is 23.0. The van der Waals surface area contributed by atoms with Gasteiger partial charge in [-0.25, -0.2) is 8.78 Å². The van der Waals surface area contributed by atoms with Crippen LogP contribution in [0.3, 0.4) is 0 Å². The van der Waals surface area contributed by atoms with E-state index in [4.69, 9.17) is 0 Å². The van der Waals surface area contributed by atoms with Gasteiger partial charge in [0.25, 0.3) is 0 Å². The van der Waals surface area contributed by atoms with E-state index in [9.17, 15) is 8.78 Å². The van der Waals surface area contributed by atoms with Crippen LogP contribution in [0.5, 0.6) is 0 Å². The molecule has 0 spiro atoms. The Labute approximate surface area is 106 Å². The Kier molecular flexibility index (Phi) is 3.31. The number of piperazine rings is 1. The summed E-state index contributed by atoms with van der Waals surface area (Å²) in [5.74, 6) is -0.113. The third-order valence-electron chi connectivity index (χ3n) is 3.89. The van der Waals surface area contributed by atoms with Gasteiger partial charge < -0.3 is 5.32 Å². The van der Waals surface area contributed by atoms with Crippen molar-refractivity contribution in [3.05, 3.63) is 35.4 Å². The fourth-order valence-electron chi connectivity index (χ4n) is 2.86. The average Bonchev–Trinajstić information content (AvgIpc) is 3.20. The second-order valence-corrected chi connectivity index (χ2v) is 5.23. The number of nitrogens with one attached hydrogen (secondary N) is 1. The first-order valence-corrected chi connectivity index (χ1v) is 6.65. The number of rotatable bonds is 3. The van der Waals surface area contributed by atoms with Gasteiger partial charge in [-0.15, -0.1) is 0 Å². The minimum atomic E-state index is -0.341. The van der Waals surface area contributed by atoms with E-state index in [1.54, 1.807) is 0 Å². The minimum absolute atomic E-state index is 0.0581. The van der Waals surface area contributed by atoms with Gasteiger partial charge in [0.2, 0.25) is 0 Å². The molecule has 0 aromatic heterocycles. The van der Waals surface area contributed by atoms with Gasteiger partial charge in [0, 0.05) is 37.8 Å². The number of hydrogen-bond donors (Lipinski definition) is 1. The summed E-state index contributed by atoms with van der Waals surface area (Å²) < 4.78 is 27.3. The highest BCUT2D eigenvalue weighted by atomic mass is 19.1. The molecular formula is C14H18F2N2. The van der Waals surface area contributed by atoms with Gasteiger partial charge in [0.1, 0.15) is 11.6 Å². The molecule has 1 heterocycles. The van der Waals surface area contributed by atoms with Crippen LogP contribution in [-0.2, 0) is 0 Å². The first kappa shape index (κ1) is 12.1. The average molecular weight is 252 g/mol. The van der Waals surface area contributed by atoms with Crippen LogP contribution >= 0.6 is 0 Å². The molecule has 1 atom stereocenters. The zero-order chi connectivity index (χ0) is 12.5. The summed E-state index contributed by atoms with van der Waals surface area (Å²) in [6, 6.07) is 3.88. The second-order valence-electron chi connectivity index (χ2n) is 5.23. The summed E-state index contributed by atoms with van der Waals surface area (Å²) in [6.45, 7) is 3.69. The first-order valence-electron chi connectivity index (χ1n) is 6.65. The lowest BCUT2D eigenvalue weighted by molar-refractivity contribution is 0.152. The van der Waals surface area contributed by atoms with E-state index < -0.39 is 0 Å². The second kappa shape index (κ2) is 4.94. The van der Waals surface area contributed by atoms with Crippen LogP contribution < -0.4 is 5.32 Å². The lowest BCUT2D eigenvalue weighted by atomic mass is 9.99. The Morgan fingerprint density at radius 2 is 1.89 bits per heavy atom. The van der Waals surface area contributed by atoms with E-state index in [1.165, 1.54) is 18.2 Å². The van der Waals surface area contributed by atoms with Gasteiger partial charge in [0.15, 0.2) is 0 Å². The molecule has 1 saturated carbocycles. The molecule has 2 aliphatic rings. The van der Waals surface area contributed by atoms with Crippen molar-refractivity contribution >= 4 is 0 Å². The van der Waals surface area contributed by atoms with E-state index in [2.05, 4.69) is 10.2 Å². The highest BCUT2D eigenvalue weighted by molar-refractivity contribution is 5.24. The van der Waals surface area contributed by atoms with E-state index >= 15 is 0 Å². The maximum absolute atomic E-state index is 14.0. The van der Waals surface area contributed by atoms with Crippen LogP contribution in [-0.4, -0.2) is 31.1 Å². The van der Waals surface area contributed by atoms with Gasteiger partial charge in [-0.2, -0.15) is 0 Å². The third-order valence-corrected chi connectivity index (χ3v) is 3.89. The molecule has 1 aliphatic carbocycles. The predicted molar refractivity (Wildman–Crippen MR) is 66.3 cm³/mol. The molecule has 1 aromatic rings. The molecule has 1 aliphatic heterocycles. The van der Waals surface area contributed by atoms with Crippen molar-refractivity contribution in [2.45, 2.75) is 18.9 Å². The maximum atomic E-state index is 14.0. The Morgan fingerprint density at radius 1 is 1.17 bits per heavy atom. The van der Waals surface area contributed by atoms with Crippen LogP contribution in [0.2, 0.25) is 0 Å². The van der Waals surface area contributed by atoms with Crippen molar-refractivity contribution in [2.75, 3.05) is 26.2 Å². The Morgan fingerprint density at radius 3 is 2.56 bits per heavy atom. The molecule has 18 heavy (non-hydrogen) atoms. The lowest BCUT2D eigenvalue weighted by Gasteiger charge is -2.35. The van der Waals surface area contributed by atoms with Gasteiger partial charge >= 0.3 is 0 Å². The number of nitrogens with zero attached hydrogens (tertiary/aromatic N) is 1. The SMILES string of the molecule is Fc1ccc(F)c([C@@H](C2CC2)N2CCNCC2)c1. The van der Waals surface area contributed by atoms with Crippen molar-refractivity contribution in [1.82, 2.24) is 10.2 Å². The first-order chi connectivity index (χ1) is 8.75. The fourth-order valence-corrected chi connectivity index (χ4v) is 2.86. The summed E-state index contributed by atoms with van der Waals surface area (Å²) in [4.78, 5) is 2.30. The molecule has 2 fully saturated rings. The van der Waals surface area contributed by atoms with Gasteiger partial charge in [-0.3, -0.25) is 4.90 Å². The summed E-state index contributed by atoms with van der Waals surface area (Å²) in [7, 11) is 0. The molecule has 1 N–H and O–H groups in total. The Hall–Kier alpha value is -1.00. The molecule has 0 amide bonds. The van der Waals surface area contributed by atoms with Crippen molar-refractivity contribution in [2.24, 2.45) is 5.92 Å². The van der Waals surface area contributed by atoms with E-state index in [0.29, 0.717) is 11.5 Å². The highest BCUT2D eigenvalue weighted by Crippen LogP contribution is 2.45. The molecule has 0 bridgehead atoms. The number of halogens is 2. The Bertz CT molecular complexity index is 426. The van der Waals surface area contributed by atoms with Crippen LogP contribution in [0.25, 0.3) is 0 Å². The molecule has 4 heteroatoms. The van der Waals surface area contributed by atoms with E-state index in [0.717, 1.165) is 39.0 Å². The summed E-state index contributed by atoms with van der Waals surface area (Å²) in [5, 5.41) is 3.30. The topological polar surface area (TPSA) is 15.3 Å². The predicted octanol–water partition coefficient (Wildman–Crippen LogP) is 2.32. The molecule has 3 rings (SSSR count). The van der Waals surface area contributed by atoms with Gasteiger partial charge in [0.05, 0.1) is 0 Å². The van der Waals surface area contributed by atoms with Crippen LogP contribution in [0.1, 0.15) is 24.4 Å². The zero-order valence-corrected chi connectivity index (χ0v) is 10.3. The standard InChI is InChI=1S/C14H18F2N2/c15-11-3-4-13(16)12(9-11)14(10-1-2-10)18-7-5-17-6-8-18/h3-4,9-10,14,17H,1-2,5-8H2/t14-/m1/s1. The quantitative estimate of drug-likeness (QED) is 0.888. The molecule has 2 nitrogen and oxygen atoms in total. The molecular weight excluding hydrogens is 234 g/mol. The van der Waals surface area contributed by atoms with E-state index in [1.807, 2.05) is 0 Å². The van der Waals surface area contributed by atoms with Crippen LogP contribution in [0.15, 0.2) is 18.2 Å². The van der Waals surface area contributed by atoms with Gasteiger partial charge in [-0.05, 0) is 37.0 Å². The fraction of sp³-hybridized carbons (Fsp3) is 0.571. The largest absolute Gasteiger partial charge is 0.314 e. The summed E-state index contributed by atoms with van der Waals surface area (Å²) in [5.41, 5.74) is 0.541. The number of hydrogen-bond acceptors (Lipinski definition) is 2. The Balaban J connectivity index is 1.90. The summed E-state index contributed by atoms with van der Waals surface area (Å²) in [6.07, 6.45) is 2.26. The number of benzene rings is 1. The minimum Gasteiger partial charge on any atom is -0.314 e. The zero-order valence-electron chi connectivity index (χ0n) is 10.3. The molecule has 1 aromatic carbocycles. The monoisotopic (exact) mass is 252 g/mol. The van der Waals surface area contributed by atoms with Crippen molar-refractivity contribution < 1.29 is 8.78 Å². The highest BCUT2D eigenvalue weighted by Gasteiger charge is 2.38. The smallest absolute Gasteiger partial charge is 0.128 e.